The predicted octanol–water partition coefficient (Wildman–Crippen LogP) is 1.17. The van der Waals surface area contributed by atoms with Crippen molar-refractivity contribution >= 4 is 5.97 Å². The van der Waals surface area contributed by atoms with E-state index in [-0.39, 0.29) is 0 Å². The number of likely N-dealkylation sites (N-methyl/N-ethyl adjacent to an activating group) is 1. The lowest BCUT2D eigenvalue weighted by atomic mass is 9.85. The lowest BCUT2D eigenvalue weighted by Gasteiger charge is -2.25. The number of rotatable bonds is 4. The number of carboxylic acid groups (broad SMARTS) is 1. The normalized spacial score (nSPS) is 23.7. The van der Waals surface area contributed by atoms with Gasteiger partial charge in [0.05, 0.1) is 0 Å². The number of nitrogens with zero attached hydrogens (tertiary/aromatic N) is 1. The standard InChI is InChI=1S/C12H24N2O2/c1-12(2)5-4-7-14(8-6-12)9-10(13-3)11(15)16/h10,13H,4-9H2,1-3H3,(H,15,16). The zero-order chi connectivity index (χ0) is 12.2. The number of aliphatic carboxylic acids is 1. The van der Waals surface area contributed by atoms with E-state index in [9.17, 15) is 4.79 Å². The van der Waals surface area contributed by atoms with Gasteiger partial charge in [-0.25, -0.2) is 0 Å². The van der Waals surface area contributed by atoms with Crippen molar-refractivity contribution in [2.75, 3.05) is 26.7 Å². The number of nitrogens with one attached hydrogen (secondary N) is 1. The quantitative estimate of drug-likeness (QED) is 0.758. The molecule has 0 aromatic rings. The highest BCUT2D eigenvalue weighted by molar-refractivity contribution is 5.73. The largest absolute Gasteiger partial charge is 0.480 e. The third-order valence-electron chi connectivity index (χ3n) is 3.52. The van der Waals surface area contributed by atoms with Crippen LogP contribution in [0.15, 0.2) is 0 Å². The van der Waals surface area contributed by atoms with Gasteiger partial charge in [-0.2, -0.15) is 0 Å². The number of likely N-dealkylation sites (tertiary alicyclic amines) is 1. The average molecular weight is 228 g/mol. The molecule has 94 valence electrons. The van der Waals surface area contributed by atoms with E-state index < -0.39 is 12.0 Å². The lowest BCUT2D eigenvalue weighted by molar-refractivity contribution is -0.139. The molecule has 1 rings (SSSR count). The van der Waals surface area contributed by atoms with Crippen LogP contribution in [0.5, 0.6) is 0 Å². The molecule has 1 saturated heterocycles. The van der Waals surface area contributed by atoms with E-state index in [0.717, 1.165) is 19.5 Å². The first-order valence-electron chi connectivity index (χ1n) is 6.07. The van der Waals surface area contributed by atoms with Crippen molar-refractivity contribution in [1.29, 1.82) is 0 Å². The van der Waals surface area contributed by atoms with Crippen molar-refractivity contribution in [2.45, 2.75) is 39.2 Å². The van der Waals surface area contributed by atoms with Crippen LogP contribution in [0.4, 0.5) is 0 Å². The number of hydrogen-bond donors (Lipinski definition) is 2. The van der Waals surface area contributed by atoms with Crippen LogP contribution >= 0.6 is 0 Å². The van der Waals surface area contributed by atoms with Crippen LogP contribution in [0, 0.1) is 5.41 Å². The minimum Gasteiger partial charge on any atom is -0.480 e. The molecule has 0 aromatic heterocycles. The molecule has 16 heavy (non-hydrogen) atoms. The molecule has 0 spiro atoms. The molecule has 1 fully saturated rings. The highest BCUT2D eigenvalue weighted by Crippen LogP contribution is 2.29. The highest BCUT2D eigenvalue weighted by Gasteiger charge is 2.25. The van der Waals surface area contributed by atoms with Gasteiger partial charge in [-0.05, 0) is 44.8 Å². The first-order valence-corrected chi connectivity index (χ1v) is 6.07. The summed E-state index contributed by atoms with van der Waals surface area (Å²) in [5.41, 5.74) is 0.410. The van der Waals surface area contributed by atoms with Gasteiger partial charge in [-0.15, -0.1) is 0 Å². The average Bonchev–Trinajstić information content (AvgIpc) is 2.36. The van der Waals surface area contributed by atoms with Gasteiger partial charge in [0.15, 0.2) is 0 Å². The summed E-state index contributed by atoms with van der Waals surface area (Å²) < 4.78 is 0. The molecule has 1 aliphatic rings. The highest BCUT2D eigenvalue weighted by atomic mass is 16.4. The molecule has 0 aromatic carbocycles. The monoisotopic (exact) mass is 228 g/mol. The minimum absolute atomic E-state index is 0.410. The van der Waals surface area contributed by atoms with E-state index in [0.29, 0.717) is 12.0 Å². The Hall–Kier alpha value is -0.610. The predicted molar refractivity (Wildman–Crippen MR) is 64.6 cm³/mol. The van der Waals surface area contributed by atoms with E-state index in [1.165, 1.54) is 12.8 Å². The van der Waals surface area contributed by atoms with E-state index in [2.05, 4.69) is 24.1 Å². The van der Waals surface area contributed by atoms with E-state index >= 15 is 0 Å². The molecule has 0 bridgehead atoms. The van der Waals surface area contributed by atoms with E-state index in [1.54, 1.807) is 7.05 Å². The van der Waals surface area contributed by atoms with Crippen LogP contribution in [0.1, 0.15) is 33.1 Å². The lowest BCUT2D eigenvalue weighted by Crippen LogP contribution is -2.45. The smallest absolute Gasteiger partial charge is 0.322 e. The van der Waals surface area contributed by atoms with Gasteiger partial charge in [0.1, 0.15) is 6.04 Å². The van der Waals surface area contributed by atoms with Gasteiger partial charge in [0, 0.05) is 6.54 Å². The van der Waals surface area contributed by atoms with E-state index in [1.807, 2.05) is 0 Å². The molecule has 4 heteroatoms. The van der Waals surface area contributed by atoms with Gasteiger partial charge >= 0.3 is 5.97 Å². The number of carboxylic acids is 1. The first-order chi connectivity index (χ1) is 7.44. The Morgan fingerprint density at radius 2 is 2.12 bits per heavy atom. The van der Waals surface area contributed by atoms with Crippen LogP contribution in [-0.4, -0.2) is 48.7 Å². The zero-order valence-corrected chi connectivity index (χ0v) is 10.6. The summed E-state index contributed by atoms with van der Waals surface area (Å²) in [4.78, 5) is 13.2. The molecular weight excluding hydrogens is 204 g/mol. The molecule has 1 aliphatic heterocycles. The summed E-state index contributed by atoms with van der Waals surface area (Å²) in [5, 5.41) is 11.8. The molecule has 2 N–H and O–H groups in total. The van der Waals surface area contributed by atoms with Gasteiger partial charge in [0.25, 0.3) is 0 Å². The summed E-state index contributed by atoms with van der Waals surface area (Å²) >= 11 is 0. The minimum atomic E-state index is -0.758. The third-order valence-corrected chi connectivity index (χ3v) is 3.52. The zero-order valence-electron chi connectivity index (χ0n) is 10.6. The van der Waals surface area contributed by atoms with Crippen molar-refractivity contribution in [3.8, 4) is 0 Å². The molecule has 1 unspecified atom stereocenters. The second-order valence-electron chi connectivity index (χ2n) is 5.50. The topological polar surface area (TPSA) is 52.6 Å². The summed E-state index contributed by atoms with van der Waals surface area (Å²) in [5.74, 6) is -0.758. The van der Waals surface area contributed by atoms with Gasteiger partial charge in [-0.1, -0.05) is 13.8 Å². The Kier molecular flexibility index (Phi) is 4.74. The van der Waals surface area contributed by atoms with Crippen molar-refractivity contribution in [3.63, 3.8) is 0 Å². The molecule has 0 radical (unpaired) electrons. The van der Waals surface area contributed by atoms with Crippen molar-refractivity contribution < 1.29 is 9.90 Å². The maximum atomic E-state index is 10.9. The Balaban J connectivity index is 2.46. The Morgan fingerprint density at radius 3 is 2.69 bits per heavy atom. The fourth-order valence-corrected chi connectivity index (χ4v) is 2.21. The molecule has 0 amide bonds. The fourth-order valence-electron chi connectivity index (χ4n) is 2.21. The molecule has 0 saturated carbocycles. The Morgan fingerprint density at radius 1 is 1.44 bits per heavy atom. The number of hydrogen-bond acceptors (Lipinski definition) is 3. The first kappa shape index (κ1) is 13.5. The van der Waals surface area contributed by atoms with Crippen LogP contribution in [0.3, 0.4) is 0 Å². The maximum Gasteiger partial charge on any atom is 0.322 e. The van der Waals surface area contributed by atoms with Crippen LogP contribution in [0.25, 0.3) is 0 Å². The van der Waals surface area contributed by atoms with Crippen molar-refractivity contribution in [1.82, 2.24) is 10.2 Å². The van der Waals surface area contributed by atoms with Gasteiger partial charge in [-0.3, -0.25) is 4.79 Å². The third kappa shape index (κ3) is 4.10. The summed E-state index contributed by atoms with van der Waals surface area (Å²) in [6.45, 7) is 7.24. The Bertz CT molecular complexity index is 241. The molecule has 4 nitrogen and oxygen atoms in total. The van der Waals surface area contributed by atoms with Gasteiger partial charge in [0.2, 0.25) is 0 Å². The van der Waals surface area contributed by atoms with Crippen LogP contribution < -0.4 is 5.32 Å². The molecule has 0 aliphatic carbocycles. The maximum absolute atomic E-state index is 10.9. The summed E-state index contributed by atoms with van der Waals surface area (Å²) in [6.07, 6.45) is 3.56. The second-order valence-corrected chi connectivity index (χ2v) is 5.50. The van der Waals surface area contributed by atoms with Crippen molar-refractivity contribution in [3.05, 3.63) is 0 Å². The Labute approximate surface area is 98.0 Å². The van der Waals surface area contributed by atoms with Crippen LogP contribution in [-0.2, 0) is 4.79 Å². The molecule has 1 heterocycles. The SMILES string of the molecule is CNC(CN1CCCC(C)(C)CC1)C(=O)O. The van der Waals surface area contributed by atoms with Gasteiger partial charge < -0.3 is 15.3 Å². The molecular formula is C12H24N2O2. The van der Waals surface area contributed by atoms with E-state index in [4.69, 9.17) is 5.11 Å². The summed E-state index contributed by atoms with van der Waals surface area (Å²) in [7, 11) is 1.71. The molecule has 1 atom stereocenters. The van der Waals surface area contributed by atoms with Crippen LogP contribution in [0.2, 0.25) is 0 Å². The second kappa shape index (κ2) is 5.64. The number of carbonyl (C=O) groups is 1. The summed E-state index contributed by atoms with van der Waals surface area (Å²) in [6, 6.07) is -0.443. The fraction of sp³-hybridized carbons (Fsp3) is 0.917. The van der Waals surface area contributed by atoms with Crippen molar-refractivity contribution in [2.24, 2.45) is 5.41 Å².